The summed E-state index contributed by atoms with van der Waals surface area (Å²) >= 11 is 0. The summed E-state index contributed by atoms with van der Waals surface area (Å²) in [6, 6.07) is 8.22. The number of carbonyl (C=O) groups is 2. The zero-order chi connectivity index (χ0) is 15.1. The molecule has 21 heavy (non-hydrogen) atoms. The van der Waals surface area contributed by atoms with Crippen LogP contribution < -0.4 is 5.73 Å². The molecule has 0 spiro atoms. The van der Waals surface area contributed by atoms with Gasteiger partial charge in [-0.3, -0.25) is 4.79 Å². The van der Waals surface area contributed by atoms with E-state index in [1.807, 2.05) is 37.3 Å². The lowest BCUT2D eigenvalue weighted by Crippen LogP contribution is -2.50. The number of carbonyl (C=O) groups excluding carboxylic acids is 2. The van der Waals surface area contributed by atoms with Crippen LogP contribution >= 0.6 is 12.4 Å². The highest BCUT2D eigenvalue weighted by molar-refractivity contribution is 5.87. The lowest BCUT2D eigenvalue weighted by Gasteiger charge is -2.29. The summed E-state index contributed by atoms with van der Waals surface area (Å²) in [6.07, 6.45) is 0.526. The number of halogens is 1. The zero-order valence-electron chi connectivity index (χ0n) is 12.6. The Morgan fingerprint density at radius 3 is 2.33 bits per heavy atom. The first-order valence-corrected chi connectivity index (χ1v) is 6.69. The molecule has 2 N–H and O–H groups in total. The van der Waals surface area contributed by atoms with Crippen LogP contribution in [0.15, 0.2) is 30.3 Å². The Hall–Kier alpha value is -1.59. The second-order valence-electron chi connectivity index (χ2n) is 4.67. The second kappa shape index (κ2) is 9.37. The Morgan fingerprint density at radius 1 is 1.29 bits per heavy atom. The molecule has 1 aromatic carbocycles. The van der Waals surface area contributed by atoms with Crippen LogP contribution in [-0.4, -0.2) is 36.0 Å². The fourth-order valence-electron chi connectivity index (χ4n) is 1.87. The molecule has 0 aromatic heterocycles. The fraction of sp³-hybridized carbons (Fsp3) is 0.467. The van der Waals surface area contributed by atoms with Gasteiger partial charge >= 0.3 is 5.97 Å². The van der Waals surface area contributed by atoms with E-state index in [4.69, 9.17) is 10.5 Å². The van der Waals surface area contributed by atoms with Gasteiger partial charge in [0.25, 0.3) is 0 Å². The molecule has 1 amide bonds. The first-order chi connectivity index (χ1) is 9.51. The van der Waals surface area contributed by atoms with Crippen molar-refractivity contribution in [1.29, 1.82) is 0 Å². The van der Waals surface area contributed by atoms with Gasteiger partial charge in [-0.15, -0.1) is 12.4 Å². The Bertz CT molecular complexity index is 453. The van der Waals surface area contributed by atoms with Crippen molar-refractivity contribution < 1.29 is 14.3 Å². The monoisotopic (exact) mass is 314 g/mol. The summed E-state index contributed by atoms with van der Waals surface area (Å²) in [5.41, 5.74) is 6.75. The molecular formula is C15H23ClN2O3. The number of hydrogen-bond acceptors (Lipinski definition) is 4. The van der Waals surface area contributed by atoms with Gasteiger partial charge in [-0.1, -0.05) is 37.3 Å². The molecule has 0 unspecified atom stereocenters. The van der Waals surface area contributed by atoms with E-state index in [1.165, 1.54) is 12.0 Å². The minimum absolute atomic E-state index is 0. The summed E-state index contributed by atoms with van der Waals surface area (Å²) in [5.74, 6) is -0.688. The molecule has 0 aliphatic carbocycles. The minimum atomic E-state index is -0.662. The normalized spacial score (nSPS) is 12.8. The molecule has 0 radical (unpaired) electrons. The number of hydrogen-bond donors (Lipinski definition) is 1. The Morgan fingerprint density at radius 2 is 1.86 bits per heavy atom. The Labute approximate surface area is 131 Å². The maximum Gasteiger partial charge on any atom is 0.328 e. The van der Waals surface area contributed by atoms with Crippen LogP contribution in [0.5, 0.6) is 0 Å². The maximum absolute atomic E-state index is 12.3. The van der Waals surface area contributed by atoms with Crippen LogP contribution in [0.4, 0.5) is 0 Å². The van der Waals surface area contributed by atoms with Crippen molar-refractivity contribution in [3.63, 3.8) is 0 Å². The third-order valence-corrected chi connectivity index (χ3v) is 3.25. The number of nitrogens with two attached hydrogens (primary N) is 1. The smallest absolute Gasteiger partial charge is 0.328 e. The number of ether oxygens (including phenoxy) is 1. The first-order valence-electron chi connectivity index (χ1n) is 6.69. The summed E-state index contributed by atoms with van der Waals surface area (Å²) in [5, 5.41) is 0. The molecule has 0 aliphatic rings. The molecule has 2 atom stereocenters. The van der Waals surface area contributed by atoms with E-state index in [-0.39, 0.29) is 18.3 Å². The van der Waals surface area contributed by atoms with Crippen LogP contribution in [0, 0.1) is 0 Å². The maximum atomic E-state index is 12.3. The van der Waals surface area contributed by atoms with Crippen molar-refractivity contribution in [3.05, 3.63) is 35.9 Å². The van der Waals surface area contributed by atoms with Crippen molar-refractivity contribution in [2.24, 2.45) is 5.73 Å². The number of benzene rings is 1. The highest BCUT2D eigenvalue weighted by Crippen LogP contribution is 2.12. The Balaban J connectivity index is 0.00000400. The quantitative estimate of drug-likeness (QED) is 0.812. The van der Waals surface area contributed by atoms with E-state index in [2.05, 4.69) is 0 Å². The summed E-state index contributed by atoms with van der Waals surface area (Å²) in [4.78, 5) is 25.5. The summed E-state index contributed by atoms with van der Waals surface area (Å²) < 4.78 is 4.72. The molecule has 1 rings (SSSR count). The van der Waals surface area contributed by atoms with Gasteiger partial charge in [-0.05, 0) is 18.9 Å². The van der Waals surface area contributed by atoms with Crippen LogP contribution in [0.1, 0.15) is 25.8 Å². The van der Waals surface area contributed by atoms with Crippen LogP contribution in [0.2, 0.25) is 0 Å². The molecule has 0 fully saturated rings. The van der Waals surface area contributed by atoms with E-state index in [9.17, 15) is 9.59 Å². The molecule has 1 aromatic rings. The predicted molar refractivity (Wildman–Crippen MR) is 84.0 cm³/mol. The van der Waals surface area contributed by atoms with Gasteiger partial charge in [0.15, 0.2) is 0 Å². The molecule has 0 saturated heterocycles. The van der Waals surface area contributed by atoms with E-state index < -0.39 is 18.1 Å². The molecule has 0 bridgehead atoms. The number of nitrogens with zero attached hydrogens (tertiary/aromatic N) is 1. The lowest BCUT2D eigenvalue weighted by molar-refractivity contribution is -0.153. The molecule has 0 aliphatic heterocycles. The molecule has 118 valence electrons. The lowest BCUT2D eigenvalue weighted by atomic mass is 10.1. The van der Waals surface area contributed by atoms with Gasteiger partial charge in [-0.2, -0.15) is 0 Å². The van der Waals surface area contributed by atoms with Crippen LogP contribution in [0.3, 0.4) is 0 Å². The fourth-order valence-corrected chi connectivity index (χ4v) is 1.87. The van der Waals surface area contributed by atoms with Gasteiger partial charge in [0.1, 0.15) is 6.04 Å². The van der Waals surface area contributed by atoms with Crippen molar-refractivity contribution in [2.45, 2.75) is 38.9 Å². The van der Waals surface area contributed by atoms with Crippen molar-refractivity contribution >= 4 is 24.3 Å². The van der Waals surface area contributed by atoms with E-state index in [0.29, 0.717) is 13.0 Å². The van der Waals surface area contributed by atoms with Crippen LogP contribution in [-0.2, 0) is 20.9 Å². The Kier molecular flexibility index (Phi) is 8.66. The first kappa shape index (κ1) is 19.4. The van der Waals surface area contributed by atoms with Gasteiger partial charge in [0.2, 0.25) is 5.91 Å². The average molecular weight is 315 g/mol. The highest BCUT2D eigenvalue weighted by Gasteiger charge is 2.29. The number of amides is 1. The number of esters is 1. The van der Waals surface area contributed by atoms with E-state index in [0.717, 1.165) is 5.56 Å². The van der Waals surface area contributed by atoms with Crippen molar-refractivity contribution in [1.82, 2.24) is 4.90 Å². The van der Waals surface area contributed by atoms with Crippen LogP contribution in [0.25, 0.3) is 0 Å². The molecule has 0 heterocycles. The standard InChI is InChI=1S/C15H22N2O3.ClH/c1-4-13(16)14(18)17(11(2)15(19)20-3)10-12-8-6-5-7-9-12;/h5-9,11,13H,4,10,16H2,1-3H3;1H/t11-,13+;/m0./s1. The SMILES string of the molecule is CC[C@@H](N)C(=O)N(Cc1ccccc1)[C@@H](C)C(=O)OC.Cl. The van der Waals surface area contributed by atoms with Gasteiger partial charge in [0, 0.05) is 6.54 Å². The van der Waals surface area contributed by atoms with Gasteiger partial charge in [-0.25, -0.2) is 4.79 Å². The second-order valence-corrected chi connectivity index (χ2v) is 4.67. The number of methoxy groups -OCH3 is 1. The third-order valence-electron chi connectivity index (χ3n) is 3.25. The van der Waals surface area contributed by atoms with Gasteiger partial charge < -0.3 is 15.4 Å². The van der Waals surface area contributed by atoms with E-state index in [1.54, 1.807) is 6.92 Å². The zero-order valence-corrected chi connectivity index (χ0v) is 13.4. The molecule has 6 heteroatoms. The predicted octanol–water partition coefficient (Wildman–Crippen LogP) is 1.74. The van der Waals surface area contributed by atoms with Gasteiger partial charge in [0.05, 0.1) is 13.2 Å². The van der Waals surface area contributed by atoms with E-state index >= 15 is 0 Å². The molecule has 5 nitrogen and oxygen atoms in total. The van der Waals surface area contributed by atoms with Crippen molar-refractivity contribution in [2.75, 3.05) is 7.11 Å². The largest absolute Gasteiger partial charge is 0.467 e. The minimum Gasteiger partial charge on any atom is -0.467 e. The highest BCUT2D eigenvalue weighted by atomic mass is 35.5. The summed E-state index contributed by atoms with van der Waals surface area (Å²) in [6.45, 7) is 3.82. The topological polar surface area (TPSA) is 72.6 Å². The summed E-state index contributed by atoms with van der Waals surface area (Å²) in [7, 11) is 1.31. The molecular weight excluding hydrogens is 292 g/mol. The molecule has 0 saturated carbocycles. The van der Waals surface area contributed by atoms with Crippen molar-refractivity contribution in [3.8, 4) is 0 Å². The third kappa shape index (κ3) is 5.36. The average Bonchev–Trinajstić information content (AvgIpc) is 2.50. The number of rotatable bonds is 6.